The van der Waals surface area contributed by atoms with Crippen molar-refractivity contribution in [1.29, 1.82) is 0 Å². The Balaban J connectivity index is 0.740. The Morgan fingerprint density at radius 2 is 1.44 bits per heavy atom. The number of likely N-dealkylation sites (tertiary alicyclic amines) is 2. The predicted octanol–water partition coefficient (Wildman–Crippen LogP) is 4.77. The van der Waals surface area contributed by atoms with E-state index in [4.69, 9.17) is 25.3 Å². The van der Waals surface area contributed by atoms with Crippen LogP contribution in [0.2, 0.25) is 0 Å². The number of aromatic nitrogens is 4. The summed E-state index contributed by atoms with van der Waals surface area (Å²) in [6.45, 7) is 3.60. The van der Waals surface area contributed by atoms with E-state index in [1.807, 2.05) is 54.6 Å². The molecule has 5 aliphatic rings. The Morgan fingerprint density at radius 3 is 2.20 bits per heavy atom. The SMILES string of the molecule is Nc1ncnc2c1c(-c1ccc(Oc3ccccc3)cc1)nn2[C@@H]1CCCN(C2CCC(N3CC(Oc4ccc5c(c4)C(=O)N(C4CCC(O)NC4=O)C5=O)C3)CC2)C1. The van der Waals surface area contributed by atoms with Crippen LogP contribution in [0.15, 0.2) is 79.1 Å². The third kappa shape index (κ3) is 7.06. The number of carbonyl (C=O) groups excluding carboxylic acids is 3. The second kappa shape index (κ2) is 15.4. The van der Waals surface area contributed by atoms with Gasteiger partial charge in [0.25, 0.3) is 11.8 Å². The van der Waals surface area contributed by atoms with E-state index in [-0.39, 0.29) is 36.1 Å². The molecule has 6 heterocycles. The molecule has 0 bridgehead atoms. The van der Waals surface area contributed by atoms with E-state index in [1.54, 1.807) is 18.2 Å². The van der Waals surface area contributed by atoms with Crippen LogP contribution in [0.25, 0.3) is 22.3 Å². The number of aliphatic hydroxyl groups excluding tert-OH is 1. The normalized spacial score (nSPS) is 25.5. The number of ether oxygens (including phenoxy) is 2. The molecule has 2 aromatic heterocycles. The van der Waals surface area contributed by atoms with Crippen molar-refractivity contribution in [2.75, 3.05) is 31.9 Å². The Labute approximate surface area is 341 Å². The molecule has 0 spiro atoms. The maximum absolute atomic E-state index is 13.3. The highest BCUT2D eigenvalue weighted by atomic mass is 16.5. The maximum Gasteiger partial charge on any atom is 0.262 e. The first-order valence-electron chi connectivity index (χ1n) is 20.7. The number of nitrogens with one attached hydrogen (secondary N) is 1. The van der Waals surface area contributed by atoms with Gasteiger partial charge in [0.2, 0.25) is 5.91 Å². The van der Waals surface area contributed by atoms with Gasteiger partial charge in [-0.2, -0.15) is 5.10 Å². The van der Waals surface area contributed by atoms with Crippen molar-refractivity contribution < 1.29 is 29.0 Å². The first-order chi connectivity index (χ1) is 28.8. The highest BCUT2D eigenvalue weighted by Gasteiger charge is 2.45. The van der Waals surface area contributed by atoms with Crippen molar-refractivity contribution in [3.63, 3.8) is 0 Å². The van der Waals surface area contributed by atoms with Gasteiger partial charge in [0.1, 0.15) is 53.5 Å². The number of fused-ring (bicyclic) bond motifs is 2. The highest BCUT2D eigenvalue weighted by Crippen LogP contribution is 2.38. The van der Waals surface area contributed by atoms with Gasteiger partial charge in [-0.1, -0.05) is 18.2 Å². The number of benzene rings is 3. The minimum absolute atomic E-state index is 0.00487. The summed E-state index contributed by atoms with van der Waals surface area (Å²) < 4.78 is 14.4. The number of rotatable bonds is 9. The van der Waals surface area contributed by atoms with Crippen LogP contribution >= 0.6 is 0 Å². The lowest BCUT2D eigenvalue weighted by Crippen LogP contribution is -2.59. The monoisotopic (exact) mass is 797 g/mol. The van der Waals surface area contributed by atoms with Crippen LogP contribution in [-0.2, 0) is 4.79 Å². The van der Waals surface area contributed by atoms with Crippen molar-refractivity contribution in [2.24, 2.45) is 0 Å². The summed E-state index contributed by atoms with van der Waals surface area (Å²) in [5.74, 6) is 0.969. The molecule has 3 atom stereocenters. The number of aliphatic hydroxyl groups is 1. The van der Waals surface area contributed by atoms with E-state index in [2.05, 4.69) is 24.8 Å². The lowest BCUT2D eigenvalue weighted by atomic mass is 9.86. The molecular formula is C44H47N9O6. The predicted molar refractivity (Wildman–Crippen MR) is 218 cm³/mol. The van der Waals surface area contributed by atoms with E-state index >= 15 is 0 Å². The number of imide groups is 1. The zero-order valence-electron chi connectivity index (χ0n) is 32.7. The molecule has 3 saturated heterocycles. The number of para-hydroxylation sites is 1. The third-order valence-electron chi connectivity index (χ3n) is 12.8. The number of nitrogens with zero attached hydrogens (tertiary/aromatic N) is 7. The van der Waals surface area contributed by atoms with E-state index in [1.165, 1.54) is 6.33 Å². The zero-order valence-corrected chi connectivity index (χ0v) is 32.7. The van der Waals surface area contributed by atoms with Crippen LogP contribution in [0.5, 0.6) is 17.2 Å². The molecule has 3 aromatic carbocycles. The standard InChI is InChI=1S/C44H47N9O6/c45-40-38-39(26-8-14-31(15-9-26)58-30-6-2-1-3-7-30)49-53(41(38)47-25-46-40)29-5-4-20-50(22-29)27-10-12-28(13-11-27)51-23-33(24-51)59-32-16-17-34-35(21-32)44(57)52(43(34)56)36-18-19-37(54)48-42(36)55/h1-3,6-9,14-17,21,25,27-29,33,36-37,54H,4-5,10-13,18-20,22-24H2,(H,48,55)(H2,45,46,47)/t27?,28?,29-,36?,37?/m1/s1. The van der Waals surface area contributed by atoms with Crippen LogP contribution in [0, 0.1) is 0 Å². The molecule has 4 fully saturated rings. The fraction of sp³-hybridized carbons (Fsp3) is 0.409. The molecule has 15 nitrogen and oxygen atoms in total. The molecule has 4 aliphatic heterocycles. The average molecular weight is 798 g/mol. The fourth-order valence-corrected chi connectivity index (χ4v) is 9.72. The summed E-state index contributed by atoms with van der Waals surface area (Å²) in [5, 5.41) is 18.1. The van der Waals surface area contributed by atoms with E-state index in [0.717, 1.165) is 103 Å². The topological polar surface area (TPSA) is 181 Å². The third-order valence-corrected chi connectivity index (χ3v) is 12.8. The van der Waals surface area contributed by atoms with Crippen molar-refractivity contribution in [3.8, 4) is 28.5 Å². The number of nitrogen functional groups attached to an aromatic ring is 1. The van der Waals surface area contributed by atoms with Crippen LogP contribution in [0.4, 0.5) is 5.82 Å². The molecule has 59 heavy (non-hydrogen) atoms. The van der Waals surface area contributed by atoms with Crippen LogP contribution in [-0.4, -0.2) is 114 Å². The zero-order chi connectivity index (χ0) is 40.2. The molecule has 1 aliphatic carbocycles. The highest BCUT2D eigenvalue weighted by molar-refractivity contribution is 6.23. The van der Waals surface area contributed by atoms with Crippen molar-refractivity contribution in [3.05, 3.63) is 90.3 Å². The molecule has 4 N–H and O–H groups in total. The second-order valence-corrected chi connectivity index (χ2v) is 16.4. The van der Waals surface area contributed by atoms with Gasteiger partial charge >= 0.3 is 0 Å². The van der Waals surface area contributed by atoms with E-state index in [9.17, 15) is 19.5 Å². The van der Waals surface area contributed by atoms with E-state index in [0.29, 0.717) is 23.7 Å². The number of carbonyl (C=O) groups is 3. The van der Waals surface area contributed by atoms with Crippen LogP contribution in [0.3, 0.4) is 0 Å². The molecule has 15 heteroatoms. The number of nitrogens with two attached hydrogens (primary N) is 1. The largest absolute Gasteiger partial charge is 0.488 e. The molecular weight excluding hydrogens is 751 g/mol. The quantitative estimate of drug-likeness (QED) is 0.174. The second-order valence-electron chi connectivity index (χ2n) is 16.4. The van der Waals surface area contributed by atoms with Crippen LogP contribution < -0.4 is 20.5 Å². The first-order valence-corrected chi connectivity index (χ1v) is 20.7. The van der Waals surface area contributed by atoms with Gasteiger partial charge in [0.05, 0.1) is 22.6 Å². The molecule has 2 unspecified atom stereocenters. The smallest absolute Gasteiger partial charge is 0.262 e. The lowest BCUT2D eigenvalue weighted by Gasteiger charge is -2.48. The number of hydrogen-bond acceptors (Lipinski definition) is 12. The van der Waals surface area contributed by atoms with Gasteiger partial charge in [-0.05, 0) is 113 Å². The molecule has 3 amide bonds. The molecule has 1 saturated carbocycles. The fourth-order valence-electron chi connectivity index (χ4n) is 9.72. The Kier molecular flexibility index (Phi) is 9.73. The molecule has 0 radical (unpaired) electrons. The molecule has 5 aromatic rings. The van der Waals surface area contributed by atoms with Crippen molar-refractivity contribution in [1.82, 2.24) is 39.8 Å². The number of anilines is 1. The van der Waals surface area contributed by atoms with Gasteiger partial charge in [-0.3, -0.25) is 29.1 Å². The Hall–Kier alpha value is -5.90. The minimum atomic E-state index is -0.965. The Bertz CT molecular complexity index is 2390. The summed E-state index contributed by atoms with van der Waals surface area (Å²) in [7, 11) is 0. The summed E-state index contributed by atoms with van der Waals surface area (Å²) in [4.78, 5) is 54.1. The lowest BCUT2D eigenvalue weighted by molar-refractivity contribution is -0.131. The van der Waals surface area contributed by atoms with Gasteiger partial charge in [0.15, 0.2) is 5.65 Å². The summed E-state index contributed by atoms with van der Waals surface area (Å²) in [5.41, 5.74) is 9.47. The maximum atomic E-state index is 13.3. The first kappa shape index (κ1) is 37.4. The van der Waals surface area contributed by atoms with Crippen molar-refractivity contribution >= 4 is 34.6 Å². The molecule has 10 rings (SSSR count). The Morgan fingerprint density at radius 1 is 0.729 bits per heavy atom. The van der Waals surface area contributed by atoms with Gasteiger partial charge in [0, 0.05) is 37.3 Å². The van der Waals surface area contributed by atoms with Gasteiger partial charge < -0.3 is 25.6 Å². The number of piperidine rings is 2. The summed E-state index contributed by atoms with van der Waals surface area (Å²) in [6, 6.07) is 22.8. The minimum Gasteiger partial charge on any atom is -0.488 e. The average Bonchev–Trinajstić information content (AvgIpc) is 3.75. The van der Waals surface area contributed by atoms with Crippen LogP contribution in [0.1, 0.15) is 78.1 Å². The van der Waals surface area contributed by atoms with Gasteiger partial charge in [-0.15, -0.1) is 0 Å². The van der Waals surface area contributed by atoms with E-state index < -0.39 is 30.0 Å². The van der Waals surface area contributed by atoms with Gasteiger partial charge in [-0.25, -0.2) is 14.6 Å². The number of amides is 3. The van der Waals surface area contributed by atoms with Crippen molar-refractivity contribution in [2.45, 2.75) is 87.9 Å². The molecule has 304 valence electrons. The summed E-state index contributed by atoms with van der Waals surface area (Å²) in [6.07, 6.45) is 7.66. The number of hydrogen-bond donors (Lipinski definition) is 3. The summed E-state index contributed by atoms with van der Waals surface area (Å²) >= 11 is 0.